The molecular formula is C18H28N4O4S. The van der Waals surface area contributed by atoms with Gasteiger partial charge in [0, 0.05) is 33.2 Å². The van der Waals surface area contributed by atoms with E-state index in [9.17, 15) is 14.4 Å². The van der Waals surface area contributed by atoms with Gasteiger partial charge in [-0.3, -0.25) is 18.7 Å². The van der Waals surface area contributed by atoms with Crippen LogP contribution < -0.4 is 17.0 Å². The molecule has 8 nitrogen and oxygen atoms in total. The predicted molar refractivity (Wildman–Crippen MR) is 109 cm³/mol. The smallest absolute Gasteiger partial charge is 0.332 e. The number of ether oxygens (including phenoxy) is 1. The third-order valence-electron chi connectivity index (χ3n) is 4.98. The lowest BCUT2D eigenvalue weighted by atomic mass is 9.84. The highest BCUT2D eigenvalue weighted by molar-refractivity contribution is 8.14. The monoisotopic (exact) mass is 396 g/mol. The number of carbonyl (C=O) groups excluding carboxylic acids is 1. The maximum atomic E-state index is 12.7. The van der Waals surface area contributed by atoms with Gasteiger partial charge >= 0.3 is 5.69 Å². The SMILES string of the molecule is C/C(=N\c1c(N)c(=O)n(C)c(=O)n1C)SCC(=O)C1CCCOCCC1C. The largest absolute Gasteiger partial charge is 0.391 e. The Hall–Kier alpha value is -1.87. The molecule has 0 radical (unpaired) electrons. The molecule has 2 N–H and O–H groups in total. The van der Waals surface area contributed by atoms with Crippen molar-refractivity contribution in [1.29, 1.82) is 0 Å². The minimum Gasteiger partial charge on any atom is -0.391 e. The van der Waals surface area contributed by atoms with Gasteiger partial charge in [0.15, 0.2) is 5.82 Å². The third-order valence-corrected chi connectivity index (χ3v) is 5.91. The molecule has 2 unspecified atom stereocenters. The summed E-state index contributed by atoms with van der Waals surface area (Å²) >= 11 is 1.31. The van der Waals surface area contributed by atoms with Crippen molar-refractivity contribution in [3.8, 4) is 0 Å². The Kier molecular flexibility index (Phi) is 7.43. The second-order valence-corrected chi connectivity index (χ2v) is 8.12. The van der Waals surface area contributed by atoms with Crippen molar-refractivity contribution in [3.63, 3.8) is 0 Å². The molecule has 1 aliphatic rings. The molecule has 0 aliphatic carbocycles. The number of nitrogen functional groups attached to an aromatic ring is 1. The second-order valence-electron chi connectivity index (χ2n) is 6.96. The minimum atomic E-state index is -0.573. The first kappa shape index (κ1) is 21.4. The Morgan fingerprint density at radius 3 is 2.67 bits per heavy atom. The fraction of sp³-hybridized carbons (Fsp3) is 0.667. The van der Waals surface area contributed by atoms with Crippen LogP contribution in [0.2, 0.25) is 0 Å². The van der Waals surface area contributed by atoms with E-state index in [1.807, 2.05) is 0 Å². The molecule has 2 atom stereocenters. The number of nitrogens with zero attached hydrogens (tertiary/aromatic N) is 3. The van der Waals surface area contributed by atoms with Gasteiger partial charge in [0.05, 0.1) is 10.8 Å². The number of carbonyl (C=O) groups is 1. The molecule has 1 aromatic rings. The Balaban J connectivity index is 2.11. The summed E-state index contributed by atoms with van der Waals surface area (Å²) in [5, 5.41) is 0.583. The zero-order valence-electron chi connectivity index (χ0n) is 16.4. The molecule has 1 aliphatic heterocycles. The molecule has 2 heterocycles. The number of hydrogen-bond acceptors (Lipinski definition) is 7. The van der Waals surface area contributed by atoms with Crippen LogP contribution in [-0.4, -0.2) is 38.9 Å². The average molecular weight is 397 g/mol. The number of aromatic nitrogens is 2. The van der Waals surface area contributed by atoms with Gasteiger partial charge in [-0.1, -0.05) is 6.92 Å². The Bertz CT molecular complexity index is 806. The fourth-order valence-electron chi connectivity index (χ4n) is 3.20. The molecule has 0 amide bonds. The maximum Gasteiger partial charge on any atom is 0.332 e. The number of aliphatic imine (C=N–C) groups is 1. The van der Waals surface area contributed by atoms with Crippen molar-refractivity contribution in [1.82, 2.24) is 9.13 Å². The number of thioether (sulfide) groups is 1. The van der Waals surface area contributed by atoms with Crippen LogP contribution >= 0.6 is 11.8 Å². The van der Waals surface area contributed by atoms with Gasteiger partial charge in [-0.05, 0) is 32.1 Å². The van der Waals surface area contributed by atoms with Gasteiger partial charge in [-0.25, -0.2) is 9.79 Å². The van der Waals surface area contributed by atoms with Gasteiger partial charge in [0.2, 0.25) is 0 Å². The van der Waals surface area contributed by atoms with Gasteiger partial charge in [-0.2, -0.15) is 0 Å². The Morgan fingerprint density at radius 1 is 1.26 bits per heavy atom. The Morgan fingerprint density at radius 2 is 1.96 bits per heavy atom. The van der Waals surface area contributed by atoms with Crippen molar-refractivity contribution >= 4 is 34.1 Å². The third kappa shape index (κ3) is 5.10. The average Bonchev–Trinajstić information content (AvgIpc) is 2.63. The van der Waals surface area contributed by atoms with Crippen LogP contribution in [-0.2, 0) is 23.6 Å². The number of nitrogens with two attached hydrogens (primary N) is 1. The van der Waals surface area contributed by atoms with Crippen LogP contribution in [0.5, 0.6) is 0 Å². The molecule has 0 spiro atoms. The first-order valence-electron chi connectivity index (χ1n) is 9.08. The fourth-order valence-corrected chi connectivity index (χ4v) is 3.92. The van der Waals surface area contributed by atoms with Gasteiger partial charge < -0.3 is 10.5 Å². The van der Waals surface area contributed by atoms with Gasteiger partial charge in [0.25, 0.3) is 5.56 Å². The molecule has 0 aromatic carbocycles. The van der Waals surface area contributed by atoms with Crippen molar-refractivity contribution in [2.75, 3.05) is 24.7 Å². The van der Waals surface area contributed by atoms with Gasteiger partial charge in [-0.15, -0.1) is 11.8 Å². The summed E-state index contributed by atoms with van der Waals surface area (Å²) in [6.45, 7) is 5.25. The van der Waals surface area contributed by atoms with Crippen molar-refractivity contribution < 1.29 is 9.53 Å². The van der Waals surface area contributed by atoms with Crippen LogP contribution in [0.3, 0.4) is 0 Å². The Labute approximate surface area is 162 Å². The summed E-state index contributed by atoms with van der Waals surface area (Å²) in [5.74, 6) is 0.966. The molecule has 0 bridgehead atoms. The zero-order valence-corrected chi connectivity index (χ0v) is 17.2. The normalized spacial score (nSPS) is 21.6. The molecule has 0 saturated carbocycles. The second kappa shape index (κ2) is 9.36. The molecule has 1 saturated heterocycles. The zero-order chi connectivity index (χ0) is 20.1. The summed E-state index contributed by atoms with van der Waals surface area (Å²) in [4.78, 5) is 41.0. The summed E-state index contributed by atoms with van der Waals surface area (Å²) in [6, 6.07) is 0. The van der Waals surface area contributed by atoms with Crippen LogP contribution in [0.25, 0.3) is 0 Å². The molecule has 1 aromatic heterocycles. The van der Waals surface area contributed by atoms with Crippen molar-refractivity contribution in [3.05, 3.63) is 20.8 Å². The number of ketones is 1. The van der Waals surface area contributed by atoms with Crippen LogP contribution in [0, 0.1) is 11.8 Å². The van der Waals surface area contributed by atoms with E-state index < -0.39 is 11.2 Å². The summed E-state index contributed by atoms with van der Waals surface area (Å²) in [7, 11) is 2.88. The highest BCUT2D eigenvalue weighted by Gasteiger charge is 2.25. The lowest BCUT2D eigenvalue weighted by Crippen LogP contribution is -2.38. The highest BCUT2D eigenvalue weighted by atomic mass is 32.2. The molecule has 27 heavy (non-hydrogen) atoms. The summed E-state index contributed by atoms with van der Waals surface area (Å²) in [6.07, 6.45) is 2.62. The maximum absolute atomic E-state index is 12.7. The highest BCUT2D eigenvalue weighted by Crippen LogP contribution is 2.26. The molecule has 2 rings (SSSR count). The summed E-state index contributed by atoms with van der Waals surface area (Å²) < 4.78 is 7.67. The number of anilines is 1. The lowest BCUT2D eigenvalue weighted by Gasteiger charge is -2.25. The van der Waals surface area contributed by atoms with Crippen LogP contribution in [0.4, 0.5) is 11.5 Å². The van der Waals surface area contributed by atoms with Crippen LogP contribution in [0.1, 0.15) is 33.1 Å². The standard InChI is InChI=1S/C18H28N4O4S/c1-11-7-9-26-8-5-6-13(11)14(23)10-27-12(2)20-16-15(19)17(24)22(4)18(25)21(16)3/h11,13H,5-10,19H2,1-4H3/b20-12+. The molecule has 9 heteroatoms. The number of hydrogen-bond donors (Lipinski definition) is 1. The van der Waals surface area contributed by atoms with Crippen molar-refractivity contribution in [2.24, 2.45) is 30.9 Å². The molecular weight excluding hydrogens is 368 g/mol. The van der Waals surface area contributed by atoms with E-state index in [1.165, 1.54) is 30.4 Å². The summed E-state index contributed by atoms with van der Waals surface area (Å²) in [5.41, 5.74) is 4.69. The first-order chi connectivity index (χ1) is 12.7. The predicted octanol–water partition coefficient (Wildman–Crippen LogP) is 1.47. The first-order valence-corrected chi connectivity index (χ1v) is 10.1. The van der Waals surface area contributed by atoms with Crippen LogP contribution in [0.15, 0.2) is 14.6 Å². The topological polar surface area (TPSA) is 109 Å². The quantitative estimate of drug-likeness (QED) is 0.610. The van der Waals surface area contributed by atoms with E-state index in [-0.39, 0.29) is 23.2 Å². The van der Waals surface area contributed by atoms with E-state index >= 15 is 0 Å². The van der Waals surface area contributed by atoms with Gasteiger partial charge in [0.1, 0.15) is 11.5 Å². The lowest BCUT2D eigenvalue weighted by molar-refractivity contribution is -0.122. The molecule has 150 valence electrons. The molecule has 1 fully saturated rings. The van der Waals surface area contributed by atoms with E-state index in [1.54, 1.807) is 6.92 Å². The van der Waals surface area contributed by atoms with Crippen molar-refractivity contribution in [2.45, 2.75) is 33.1 Å². The van der Waals surface area contributed by atoms with E-state index in [2.05, 4.69) is 11.9 Å². The van der Waals surface area contributed by atoms with E-state index in [4.69, 9.17) is 10.5 Å². The minimum absolute atomic E-state index is 0.0349. The van der Waals surface area contributed by atoms with E-state index in [0.29, 0.717) is 29.9 Å². The van der Waals surface area contributed by atoms with E-state index in [0.717, 1.165) is 23.8 Å². The number of Topliss-reactive ketones (excluding diaryl/α,β-unsaturated/α-hetero) is 1. The number of rotatable bonds is 4.